The van der Waals surface area contributed by atoms with Gasteiger partial charge in [0.25, 0.3) is 0 Å². The van der Waals surface area contributed by atoms with Gasteiger partial charge in [-0.25, -0.2) is 0 Å². The van der Waals surface area contributed by atoms with E-state index in [1.807, 2.05) is 19.1 Å². The second kappa shape index (κ2) is 4.84. The highest BCUT2D eigenvalue weighted by Gasteiger charge is 2.31. The number of aryl methyl sites for hydroxylation is 1. The number of anilines is 1. The van der Waals surface area contributed by atoms with Crippen molar-refractivity contribution in [2.75, 3.05) is 5.32 Å². The molecular weight excluding hydrogens is 214 g/mol. The Kier molecular flexibility index (Phi) is 3.43. The summed E-state index contributed by atoms with van der Waals surface area (Å²) >= 11 is 0. The first-order valence-electron chi connectivity index (χ1n) is 6.09. The second-order valence-corrected chi connectivity index (χ2v) is 4.98. The Morgan fingerprint density at radius 3 is 2.76 bits per heavy atom. The van der Waals surface area contributed by atoms with E-state index in [0.717, 1.165) is 37.1 Å². The fourth-order valence-corrected chi connectivity index (χ4v) is 2.32. The van der Waals surface area contributed by atoms with Crippen molar-refractivity contribution in [3.05, 3.63) is 24.0 Å². The number of nitrogens with zero attached hydrogens (tertiary/aromatic N) is 1. The van der Waals surface area contributed by atoms with Crippen LogP contribution in [0.5, 0.6) is 0 Å². The van der Waals surface area contributed by atoms with Crippen LogP contribution in [0.15, 0.2) is 18.3 Å². The van der Waals surface area contributed by atoms with Crippen LogP contribution in [-0.2, 0) is 4.79 Å². The lowest BCUT2D eigenvalue weighted by Gasteiger charge is -2.22. The zero-order chi connectivity index (χ0) is 12.3. The highest BCUT2D eigenvalue weighted by Crippen LogP contribution is 2.30. The topological polar surface area (TPSA) is 68.0 Å². The molecular formula is C13H19N3O. The summed E-state index contributed by atoms with van der Waals surface area (Å²) in [7, 11) is 0. The minimum absolute atomic E-state index is 0.0138. The first kappa shape index (κ1) is 12.0. The van der Waals surface area contributed by atoms with E-state index in [4.69, 9.17) is 5.73 Å². The fraction of sp³-hybridized carbons (Fsp3) is 0.538. The summed E-state index contributed by atoms with van der Waals surface area (Å²) in [5.74, 6) is -0.0138. The molecule has 1 aliphatic rings. The molecule has 1 amide bonds. The largest absolute Gasteiger partial charge is 0.325 e. The highest BCUT2D eigenvalue weighted by molar-refractivity contribution is 5.91. The number of hydrogen-bond acceptors (Lipinski definition) is 3. The van der Waals surface area contributed by atoms with Gasteiger partial charge in [0, 0.05) is 17.7 Å². The predicted molar refractivity (Wildman–Crippen MR) is 67.6 cm³/mol. The third-order valence-corrected chi connectivity index (χ3v) is 3.31. The van der Waals surface area contributed by atoms with Crippen molar-refractivity contribution >= 4 is 11.6 Å². The number of amides is 1. The molecule has 1 aliphatic carbocycles. The molecule has 0 saturated heterocycles. The van der Waals surface area contributed by atoms with E-state index in [1.165, 1.54) is 0 Å². The standard InChI is InChI=1S/C13H19N3O/c1-10-4-5-11(9-15-10)16-12(17)8-13(14)6-2-3-7-13/h4-5,9H,2-3,6-8,14H2,1H3,(H,16,17). The maximum atomic E-state index is 11.8. The number of carbonyl (C=O) groups excluding carboxylic acids is 1. The Hall–Kier alpha value is -1.42. The number of rotatable bonds is 3. The molecule has 1 aromatic heterocycles. The van der Waals surface area contributed by atoms with E-state index in [0.29, 0.717) is 6.42 Å². The summed E-state index contributed by atoms with van der Waals surface area (Å²) in [6, 6.07) is 3.74. The molecule has 0 aromatic carbocycles. The van der Waals surface area contributed by atoms with Crippen molar-refractivity contribution in [3.63, 3.8) is 0 Å². The van der Waals surface area contributed by atoms with Crippen LogP contribution in [0.25, 0.3) is 0 Å². The normalized spacial score (nSPS) is 18.0. The van der Waals surface area contributed by atoms with Crippen molar-refractivity contribution < 1.29 is 4.79 Å². The lowest BCUT2D eigenvalue weighted by Crippen LogP contribution is -2.40. The van der Waals surface area contributed by atoms with E-state index in [2.05, 4.69) is 10.3 Å². The zero-order valence-corrected chi connectivity index (χ0v) is 10.2. The Labute approximate surface area is 102 Å². The summed E-state index contributed by atoms with van der Waals surface area (Å²) in [6.07, 6.45) is 6.25. The zero-order valence-electron chi connectivity index (χ0n) is 10.2. The smallest absolute Gasteiger partial charge is 0.226 e. The fourth-order valence-electron chi connectivity index (χ4n) is 2.32. The quantitative estimate of drug-likeness (QED) is 0.839. The molecule has 0 aliphatic heterocycles. The van der Waals surface area contributed by atoms with Crippen molar-refractivity contribution in [1.82, 2.24) is 4.98 Å². The second-order valence-electron chi connectivity index (χ2n) is 4.98. The number of nitrogens with one attached hydrogen (secondary N) is 1. The minimum Gasteiger partial charge on any atom is -0.325 e. The Morgan fingerprint density at radius 1 is 1.47 bits per heavy atom. The van der Waals surface area contributed by atoms with Gasteiger partial charge in [0.15, 0.2) is 0 Å². The van der Waals surface area contributed by atoms with Gasteiger partial charge < -0.3 is 11.1 Å². The van der Waals surface area contributed by atoms with E-state index >= 15 is 0 Å². The Balaban J connectivity index is 1.91. The summed E-state index contributed by atoms with van der Waals surface area (Å²) in [6.45, 7) is 1.92. The van der Waals surface area contributed by atoms with Crippen molar-refractivity contribution in [3.8, 4) is 0 Å². The molecule has 92 valence electrons. The molecule has 0 radical (unpaired) electrons. The van der Waals surface area contributed by atoms with E-state index in [1.54, 1.807) is 6.20 Å². The van der Waals surface area contributed by atoms with Gasteiger partial charge >= 0.3 is 0 Å². The van der Waals surface area contributed by atoms with Gasteiger partial charge in [0.05, 0.1) is 11.9 Å². The van der Waals surface area contributed by atoms with Crippen LogP contribution >= 0.6 is 0 Å². The van der Waals surface area contributed by atoms with E-state index in [-0.39, 0.29) is 11.4 Å². The molecule has 2 rings (SSSR count). The number of aromatic nitrogens is 1. The Bertz CT molecular complexity index is 394. The first-order chi connectivity index (χ1) is 8.07. The monoisotopic (exact) mass is 233 g/mol. The van der Waals surface area contributed by atoms with Gasteiger partial charge in [-0.3, -0.25) is 9.78 Å². The number of pyridine rings is 1. The number of carbonyl (C=O) groups is 1. The average molecular weight is 233 g/mol. The summed E-state index contributed by atoms with van der Waals surface area (Å²) in [5.41, 5.74) is 7.55. The van der Waals surface area contributed by atoms with E-state index < -0.39 is 0 Å². The van der Waals surface area contributed by atoms with Crippen LogP contribution in [0.1, 0.15) is 37.8 Å². The molecule has 1 saturated carbocycles. The van der Waals surface area contributed by atoms with Crippen molar-refractivity contribution in [2.45, 2.75) is 44.6 Å². The van der Waals surface area contributed by atoms with Crippen LogP contribution in [0, 0.1) is 6.92 Å². The number of nitrogens with two attached hydrogens (primary N) is 1. The third-order valence-electron chi connectivity index (χ3n) is 3.31. The molecule has 1 fully saturated rings. The van der Waals surface area contributed by atoms with Gasteiger partial charge in [0.1, 0.15) is 0 Å². The molecule has 0 unspecified atom stereocenters. The van der Waals surface area contributed by atoms with Crippen LogP contribution in [0.3, 0.4) is 0 Å². The number of hydrogen-bond donors (Lipinski definition) is 2. The molecule has 0 atom stereocenters. The highest BCUT2D eigenvalue weighted by atomic mass is 16.1. The van der Waals surface area contributed by atoms with Crippen LogP contribution in [-0.4, -0.2) is 16.4 Å². The maximum absolute atomic E-state index is 11.8. The summed E-state index contributed by atoms with van der Waals surface area (Å²) < 4.78 is 0. The van der Waals surface area contributed by atoms with Crippen molar-refractivity contribution in [1.29, 1.82) is 0 Å². The lowest BCUT2D eigenvalue weighted by atomic mass is 9.94. The maximum Gasteiger partial charge on any atom is 0.226 e. The van der Waals surface area contributed by atoms with E-state index in [9.17, 15) is 4.79 Å². The van der Waals surface area contributed by atoms with Gasteiger partial charge in [-0.1, -0.05) is 12.8 Å². The molecule has 0 bridgehead atoms. The van der Waals surface area contributed by atoms with Gasteiger partial charge in [-0.15, -0.1) is 0 Å². The van der Waals surface area contributed by atoms with Crippen LogP contribution in [0.4, 0.5) is 5.69 Å². The molecule has 1 aromatic rings. The molecule has 1 heterocycles. The lowest BCUT2D eigenvalue weighted by molar-refractivity contribution is -0.117. The SMILES string of the molecule is Cc1ccc(NC(=O)CC2(N)CCCC2)cn1. The molecule has 0 spiro atoms. The minimum atomic E-state index is -0.289. The predicted octanol–water partition coefficient (Wildman–Crippen LogP) is 1.99. The van der Waals surface area contributed by atoms with Crippen molar-refractivity contribution in [2.24, 2.45) is 5.73 Å². The average Bonchev–Trinajstić information content (AvgIpc) is 2.68. The molecule has 4 heteroatoms. The Morgan fingerprint density at radius 2 is 2.18 bits per heavy atom. The molecule has 17 heavy (non-hydrogen) atoms. The van der Waals surface area contributed by atoms with Gasteiger partial charge in [0.2, 0.25) is 5.91 Å². The summed E-state index contributed by atoms with van der Waals surface area (Å²) in [4.78, 5) is 16.0. The molecule has 3 N–H and O–H groups in total. The van der Waals surface area contributed by atoms with Crippen LogP contribution < -0.4 is 11.1 Å². The third kappa shape index (κ3) is 3.27. The van der Waals surface area contributed by atoms with Gasteiger partial charge in [-0.2, -0.15) is 0 Å². The molecule has 4 nitrogen and oxygen atoms in total. The van der Waals surface area contributed by atoms with Gasteiger partial charge in [-0.05, 0) is 31.9 Å². The summed E-state index contributed by atoms with van der Waals surface area (Å²) in [5, 5.41) is 2.84. The van der Waals surface area contributed by atoms with Crippen LogP contribution in [0.2, 0.25) is 0 Å². The first-order valence-corrected chi connectivity index (χ1v) is 6.09.